The molecule has 2 rings (SSSR count). The van der Waals surface area contributed by atoms with Gasteiger partial charge in [-0.05, 0) is 37.7 Å². The van der Waals surface area contributed by atoms with E-state index in [1.807, 2.05) is 25.1 Å². The van der Waals surface area contributed by atoms with Crippen molar-refractivity contribution in [2.45, 2.75) is 37.7 Å². The molecule has 1 aromatic rings. The predicted molar refractivity (Wildman–Crippen MR) is 77.0 cm³/mol. The van der Waals surface area contributed by atoms with E-state index >= 15 is 0 Å². The summed E-state index contributed by atoms with van der Waals surface area (Å²) in [5, 5.41) is 10.3. The molecule has 0 radical (unpaired) electrons. The fourth-order valence-corrected chi connectivity index (χ4v) is 3.14. The van der Waals surface area contributed by atoms with Crippen molar-refractivity contribution < 1.29 is 9.84 Å². The van der Waals surface area contributed by atoms with Gasteiger partial charge >= 0.3 is 0 Å². The lowest BCUT2D eigenvalue weighted by atomic mass is 9.69. The first-order chi connectivity index (χ1) is 9.19. The number of nitrogens with two attached hydrogens (primary N) is 1. The van der Waals surface area contributed by atoms with Crippen LogP contribution < -0.4 is 5.73 Å². The normalized spacial score (nSPS) is 21.8. The predicted octanol–water partition coefficient (Wildman–Crippen LogP) is 2.08. The number of hydrogen-bond acceptors (Lipinski definition) is 3. The van der Waals surface area contributed by atoms with Crippen molar-refractivity contribution in [1.29, 1.82) is 0 Å². The van der Waals surface area contributed by atoms with Crippen LogP contribution in [0.4, 0.5) is 0 Å². The Morgan fingerprint density at radius 2 is 1.95 bits per heavy atom. The highest BCUT2D eigenvalue weighted by Gasteiger charge is 2.38. The molecule has 2 atom stereocenters. The third-order valence-corrected chi connectivity index (χ3v) is 4.51. The van der Waals surface area contributed by atoms with E-state index < -0.39 is 6.10 Å². The molecule has 1 aromatic carbocycles. The van der Waals surface area contributed by atoms with E-state index in [0.717, 1.165) is 38.0 Å². The van der Waals surface area contributed by atoms with Crippen LogP contribution in [0.5, 0.6) is 0 Å². The van der Waals surface area contributed by atoms with E-state index in [4.69, 9.17) is 10.5 Å². The van der Waals surface area contributed by atoms with Crippen LogP contribution in [0.1, 0.15) is 31.7 Å². The fourth-order valence-electron chi connectivity index (χ4n) is 3.14. The Kier molecular flexibility index (Phi) is 4.97. The molecule has 1 fully saturated rings. The summed E-state index contributed by atoms with van der Waals surface area (Å²) in [4.78, 5) is 0. The zero-order valence-electron chi connectivity index (χ0n) is 11.7. The van der Waals surface area contributed by atoms with E-state index in [0.29, 0.717) is 12.5 Å². The van der Waals surface area contributed by atoms with Gasteiger partial charge in [-0.3, -0.25) is 0 Å². The average Bonchev–Trinajstić information content (AvgIpc) is 2.46. The van der Waals surface area contributed by atoms with E-state index in [2.05, 4.69) is 12.1 Å². The molecule has 3 N–H and O–H groups in total. The van der Waals surface area contributed by atoms with Crippen LogP contribution in [0.3, 0.4) is 0 Å². The van der Waals surface area contributed by atoms with Crippen molar-refractivity contribution in [3.8, 4) is 0 Å². The minimum absolute atomic E-state index is 0.330. The molecule has 1 heterocycles. The molecule has 0 aliphatic carbocycles. The van der Waals surface area contributed by atoms with Crippen LogP contribution in [-0.2, 0) is 10.2 Å². The molecule has 0 bridgehead atoms. The molecule has 0 amide bonds. The molecular weight excluding hydrogens is 238 g/mol. The molecule has 1 saturated heterocycles. The summed E-state index contributed by atoms with van der Waals surface area (Å²) < 4.78 is 5.42. The largest absolute Gasteiger partial charge is 0.392 e. The van der Waals surface area contributed by atoms with Gasteiger partial charge in [0.1, 0.15) is 0 Å². The molecule has 19 heavy (non-hydrogen) atoms. The van der Waals surface area contributed by atoms with Crippen molar-refractivity contribution in [3.05, 3.63) is 35.9 Å². The molecular formula is C16H25NO2. The minimum Gasteiger partial charge on any atom is -0.392 e. The van der Waals surface area contributed by atoms with Crippen molar-refractivity contribution in [2.24, 2.45) is 11.7 Å². The number of benzene rings is 1. The quantitative estimate of drug-likeness (QED) is 0.855. The lowest BCUT2D eigenvalue weighted by Gasteiger charge is -2.40. The summed E-state index contributed by atoms with van der Waals surface area (Å²) in [5.41, 5.74) is 6.89. The fraction of sp³-hybridized carbons (Fsp3) is 0.625. The van der Waals surface area contributed by atoms with Gasteiger partial charge in [-0.25, -0.2) is 0 Å². The van der Waals surface area contributed by atoms with Gasteiger partial charge in [-0.15, -0.1) is 0 Å². The molecule has 2 unspecified atom stereocenters. The molecule has 3 nitrogen and oxygen atoms in total. The second-order valence-corrected chi connectivity index (χ2v) is 5.66. The first-order valence-corrected chi connectivity index (χ1v) is 7.20. The Labute approximate surface area is 115 Å². The summed E-state index contributed by atoms with van der Waals surface area (Å²) in [5.74, 6) is 0.590. The zero-order chi connectivity index (χ0) is 13.7. The standard InChI is InChI=1S/C16H25NO2/c1-13(18)16(12-17,15-5-3-2-4-6-15)11-14-7-9-19-10-8-14/h2-6,13-14,18H,7-12,17H2,1H3. The molecule has 0 aromatic heterocycles. The third-order valence-electron chi connectivity index (χ3n) is 4.51. The number of aliphatic hydroxyl groups excluding tert-OH is 1. The van der Waals surface area contributed by atoms with Crippen LogP contribution >= 0.6 is 0 Å². The number of hydrogen-bond donors (Lipinski definition) is 2. The van der Waals surface area contributed by atoms with Gasteiger partial charge in [-0.1, -0.05) is 30.3 Å². The highest BCUT2D eigenvalue weighted by atomic mass is 16.5. The Balaban J connectivity index is 2.23. The maximum Gasteiger partial charge on any atom is 0.0620 e. The SMILES string of the molecule is CC(O)C(CN)(CC1CCOCC1)c1ccccc1. The van der Waals surface area contributed by atoms with E-state index in [-0.39, 0.29) is 5.41 Å². The van der Waals surface area contributed by atoms with Crippen molar-refractivity contribution in [3.63, 3.8) is 0 Å². The van der Waals surface area contributed by atoms with Gasteiger partial charge in [0.05, 0.1) is 6.10 Å². The Morgan fingerprint density at radius 1 is 1.32 bits per heavy atom. The first kappa shape index (κ1) is 14.5. The van der Waals surface area contributed by atoms with Gasteiger partial charge in [-0.2, -0.15) is 0 Å². The third kappa shape index (κ3) is 3.16. The Bertz CT molecular complexity index is 374. The maximum absolute atomic E-state index is 10.3. The van der Waals surface area contributed by atoms with Crippen LogP contribution in [0, 0.1) is 5.92 Å². The molecule has 3 heteroatoms. The maximum atomic E-state index is 10.3. The van der Waals surface area contributed by atoms with E-state index in [9.17, 15) is 5.11 Å². The van der Waals surface area contributed by atoms with Gasteiger partial charge in [0.25, 0.3) is 0 Å². The topological polar surface area (TPSA) is 55.5 Å². The summed E-state index contributed by atoms with van der Waals surface area (Å²) in [6, 6.07) is 10.2. The summed E-state index contributed by atoms with van der Waals surface area (Å²) in [7, 11) is 0. The summed E-state index contributed by atoms with van der Waals surface area (Å²) >= 11 is 0. The molecule has 106 valence electrons. The lowest BCUT2D eigenvalue weighted by molar-refractivity contribution is 0.0324. The van der Waals surface area contributed by atoms with Crippen molar-refractivity contribution in [2.75, 3.05) is 19.8 Å². The molecule has 0 saturated carbocycles. The van der Waals surface area contributed by atoms with Crippen molar-refractivity contribution in [1.82, 2.24) is 0 Å². The van der Waals surface area contributed by atoms with Gasteiger partial charge in [0.15, 0.2) is 0 Å². The highest BCUT2D eigenvalue weighted by molar-refractivity contribution is 5.27. The summed E-state index contributed by atoms with van der Waals surface area (Å²) in [6.45, 7) is 4.01. The van der Waals surface area contributed by atoms with E-state index in [1.165, 1.54) is 0 Å². The monoisotopic (exact) mass is 263 g/mol. The Morgan fingerprint density at radius 3 is 2.47 bits per heavy atom. The zero-order valence-corrected chi connectivity index (χ0v) is 11.7. The summed E-state index contributed by atoms with van der Waals surface area (Å²) in [6.07, 6.45) is 2.64. The van der Waals surface area contributed by atoms with Gasteiger partial charge < -0.3 is 15.6 Å². The number of rotatable bonds is 5. The lowest BCUT2D eigenvalue weighted by Crippen LogP contribution is -2.46. The minimum atomic E-state index is -0.442. The smallest absolute Gasteiger partial charge is 0.0620 e. The molecule has 0 spiro atoms. The number of ether oxygens (including phenoxy) is 1. The van der Waals surface area contributed by atoms with Crippen LogP contribution in [0.2, 0.25) is 0 Å². The van der Waals surface area contributed by atoms with Crippen LogP contribution in [0.15, 0.2) is 30.3 Å². The second-order valence-electron chi connectivity index (χ2n) is 5.66. The van der Waals surface area contributed by atoms with Gasteiger partial charge in [0.2, 0.25) is 0 Å². The number of aliphatic hydroxyl groups is 1. The van der Waals surface area contributed by atoms with Crippen molar-refractivity contribution >= 4 is 0 Å². The average molecular weight is 263 g/mol. The first-order valence-electron chi connectivity index (χ1n) is 7.20. The van der Waals surface area contributed by atoms with Gasteiger partial charge in [0, 0.05) is 25.2 Å². The Hall–Kier alpha value is -0.900. The molecule has 1 aliphatic heterocycles. The van der Waals surface area contributed by atoms with Crippen LogP contribution in [-0.4, -0.2) is 31.0 Å². The second kappa shape index (κ2) is 6.51. The van der Waals surface area contributed by atoms with E-state index in [1.54, 1.807) is 0 Å². The van der Waals surface area contributed by atoms with Crippen LogP contribution in [0.25, 0.3) is 0 Å². The highest BCUT2D eigenvalue weighted by Crippen LogP contribution is 2.37. The molecule has 1 aliphatic rings.